The summed E-state index contributed by atoms with van der Waals surface area (Å²) in [6.07, 6.45) is -0.142. The maximum atomic E-state index is 13.9. The van der Waals surface area contributed by atoms with E-state index in [1.165, 1.54) is 12.1 Å². The SMILES string of the molecule is O=C(c1cc(F)cc2[nH]c(=S)[nH]c12)N1CCO[C@H](c2cccs2)C1. The lowest BCUT2D eigenvalue weighted by Crippen LogP contribution is -2.42. The van der Waals surface area contributed by atoms with E-state index in [1.807, 2.05) is 17.5 Å². The van der Waals surface area contributed by atoms with Crippen LogP contribution in [0.3, 0.4) is 0 Å². The molecule has 0 bridgehead atoms. The molecule has 1 saturated heterocycles. The number of ether oxygens (including phenoxy) is 1. The Bertz CT molecular complexity index is 948. The molecule has 1 fully saturated rings. The maximum absolute atomic E-state index is 13.9. The first kappa shape index (κ1) is 15.5. The third-order valence-electron chi connectivity index (χ3n) is 4.03. The second-order valence-corrected chi connectivity index (χ2v) is 6.97. The molecule has 0 spiro atoms. The number of aromatic amines is 2. The molecule has 3 heterocycles. The van der Waals surface area contributed by atoms with E-state index in [0.29, 0.717) is 35.5 Å². The Morgan fingerprint density at radius 3 is 3.08 bits per heavy atom. The number of nitrogens with zero attached hydrogens (tertiary/aromatic N) is 1. The molecule has 2 aromatic heterocycles. The Morgan fingerprint density at radius 1 is 1.42 bits per heavy atom. The zero-order valence-corrected chi connectivity index (χ0v) is 14.2. The van der Waals surface area contributed by atoms with Gasteiger partial charge in [0.05, 0.1) is 29.7 Å². The van der Waals surface area contributed by atoms with E-state index in [4.69, 9.17) is 17.0 Å². The molecule has 24 heavy (non-hydrogen) atoms. The molecule has 5 nitrogen and oxygen atoms in total. The van der Waals surface area contributed by atoms with Gasteiger partial charge in [-0.1, -0.05) is 6.07 Å². The fourth-order valence-corrected chi connectivity index (χ4v) is 3.90. The third-order valence-corrected chi connectivity index (χ3v) is 5.20. The molecular weight excluding hydrogens is 349 g/mol. The second-order valence-electron chi connectivity index (χ2n) is 5.58. The Kier molecular flexibility index (Phi) is 3.95. The van der Waals surface area contributed by atoms with Crippen LogP contribution in [0.1, 0.15) is 21.3 Å². The standard InChI is InChI=1S/C16H14FN3O2S2/c17-9-6-10(14-11(7-9)18-16(23)19-14)15(21)20-3-4-22-12(8-20)13-2-1-5-24-13/h1-2,5-7,12H,3-4,8H2,(H2,18,19,23)/t12-/m0/s1. The molecule has 0 saturated carbocycles. The average molecular weight is 363 g/mol. The van der Waals surface area contributed by atoms with Crippen LogP contribution in [0.25, 0.3) is 11.0 Å². The Morgan fingerprint density at radius 2 is 2.29 bits per heavy atom. The molecule has 1 amide bonds. The second kappa shape index (κ2) is 6.12. The van der Waals surface area contributed by atoms with Crippen molar-refractivity contribution in [2.75, 3.05) is 19.7 Å². The zero-order chi connectivity index (χ0) is 16.7. The minimum Gasteiger partial charge on any atom is -0.369 e. The van der Waals surface area contributed by atoms with E-state index in [0.717, 1.165) is 4.88 Å². The van der Waals surface area contributed by atoms with Gasteiger partial charge in [0.1, 0.15) is 11.9 Å². The summed E-state index contributed by atoms with van der Waals surface area (Å²) in [6, 6.07) is 6.53. The van der Waals surface area contributed by atoms with Gasteiger partial charge in [-0.25, -0.2) is 4.39 Å². The fourth-order valence-electron chi connectivity index (χ4n) is 2.93. The van der Waals surface area contributed by atoms with Crippen molar-refractivity contribution in [1.82, 2.24) is 14.9 Å². The number of halogens is 1. The van der Waals surface area contributed by atoms with Crippen LogP contribution in [0.5, 0.6) is 0 Å². The predicted molar refractivity (Wildman–Crippen MR) is 92.4 cm³/mol. The Labute approximate surface area is 146 Å². The van der Waals surface area contributed by atoms with Crippen molar-refractivity contribution in [2.24, 2.45) is 0 Å². The summed E-state index contributed by atoms with van der Waals surface area (Å²) in [5.74, 6) is -0.700. The van der Waals surface area contributed by atoms with Gasteiger partial charge in [0.25, 0.3) is 5.91 Å². The lowest BCUT2D eigenvalue weighted by atomic mass is 10.1. The maximum Gasteiger partial charge on any atom is 0.256 e. The van der Waals surface area contributed by atoms with Gasteiger partial charge in [0.2, 0.25) is 0 Å². The number of thiophene rings is 1. The summed E-state index contributed by atoms with van der Waals surface area (Å²) in [6.45, 7) is 1.38. The zero-order valence-electron chi connectivity index (χ0n) is 12.5. The van der Waals surface area contributed by atoms with Crippen molar-refractivity contribution < 1.29 is 13.9 Å². The third kappa shape index (κ3) is 2.77. The van der Waals surface area contributed by atoms with E-state index in [2.05, 4.69) is 9.97 Å². The summed E-state index contributed by atoms with van der Waals surface area (Å²) < 4.78 is 20.0. The number of amides is 1. The van der Waals surface area contributed by atoms with Gasteiger partial charge in [0.15, 0.2) is 4.77 Å². The first-order valence-electron chi connectivity index (χ1n) is 7.47. The van der Waals surface area contributed by atoms with Crippen LogP contribution in [0.2, 0.25) is 0 Å². The number of morpholine rings is 1. The molecule has 3 aromatic rings. The number of hydrogen-bond acceptors (Lipinski definition) is 4. The molecule has 1 aliphatic heterocycles. The number of aromatic nitrogens is 2. The molecule has 1 atom stereocenters. The molecule has 124 valence electrons. The Hall–Kier alpha value is -2.03. The van der Waals surface area contributed by atoms with Gasteiger partial charge in [0, 0.05) is 11.4 Å². The van der Waals surface area contributed by atoms with Crippen LogP contribution < -0.4 is 0 Å². The molecule has 0 radical (unpaired) electrons. The van der Waals surface area contributed by atoms with Crippen molar-refractivity contribution in [2.45, 2.75) is 6.10 Å². The Balaban J connectivity index is 1.67. The molecule has 1 aliphatic rings. The van der Waals surface area contributed by atoms with Gasteiger partial charge in [-0.3, -0.25) is 4.79 Å². The summed E-state index contributed by atoms with van der Waals surface area (Å²) in [7, 11) is 0. The highest BCUT2D eigenvalue weighted by molar-refractivity contribution is 7.71. The minimum absolute atomic E-state index is 0.142. The summed E-state index contributed by atoms with van der Waals surface area (Å²) in [5.41, 5.74) is 1.31. The van der Waals surface area contributed by atoms with Crippen LogP contribution >= 0.6 is 23.6 Å². The summed E-state index contributed by atoms with van der Waals surface area (Å²) in [4.78, 5) is 21.5. The lowest BCUT2D eigenvalue weighted by molar-refractivity contribution is -0.0211. The molecule has 0 aliphatic carbocycles. The van der Waals surface area contributed by atoms with Gasteiger partial charge in [-0.05, 0) is 35.8 Å². The van der Waals surface area contributed by atoms with E-state index in [9.17, 15) is 9.18 Å². The highest BCUT2D eigenvalue weighted by atomic mass is 32.1. The monoisotopic (exact) mass is 363 g/mol. The lowest BCUT2D eigenvalue weighted by Gasteiger charge is -2.32. The predicted octanol–water partition coefficient (Wildman–Crippen LogP) is 3.64. The topological polar surface area (TPSA) is 61.1 Å². The van der Waals surface area contributed by atoms with Gasteiger partial charge < -0.3 is 19.6 Å². The number of benzene rings is 1. The van der Waals surface area contributed by atoms with Crippen LogP contribution in [-0.2, 0) is 4.74 Å². The highest BCUT2D eigenvalue weighted by Gasteiger charge is 2.28. The molecule has 0 unspecified atom stereocenters. The molecule has 2 N–H and O–H groups in total. The minimum atomic E-state index is -0.473. The number of imidazole rings is 1. The van der Waals surface area contributed by atoms with Gasteiger partial charge >= 0.3 is 0 Å². The van der Waals surface area contributed by atoms with Crippen molar-refractivity contribution in [3.8, 4) is 0 Å². The van der Waals surface area contributed by atoms with Crippen molar-refractivity contribution in [3.05, 3.63) is 50.7 Å². The fraction of sp³-hybridized carbons (Fsp3) is 0.250. The van der Waals surface area contributed by atoms with Crippen molar-refractivity contribution in [1.29, 1.82) is 0 Å². The van der Waals surface area contributed by atoms with Crippen LogP contribution in [0.15, 0.2) is 29.6 Å². The number of nitrogens with one attached hydrogen (secondary N) is 2. The quantitative estimate of drug-likeness (QED) is 0.684. The van der Waals surface area contributed by atoms with E-state index in [-0.39, 0.29) is 17.6 Å². The largest absolute Gasteiger partial charge is 0.369 e. The average Bonchev–Trinajstić information content (AvgIpc) is 3.22. The van der Waals surface area contributed by atoms with E-state index >= 15 is 0 Å². The summed E-state index contributed by atoms with van der Waals surface area (Å²) >= 11 is 6.65. The molecule has 1 aromatic carbocycles. The first-order chi connectivity index (χ1) is 11.6. The molecular formula is C16H14FN3O2S2. The van der Waals surface area contributed by atoms with Crippen molar-refractivity contribution >= 4 is 40.5 Å². The normalized spacial score (nSPS) is 18.2. The highest BCUT2D eigenvalue weighted by Crippen LogP contribution is 2.28. The number of carbonyl (C=O) groups excluding carboxylic acids is 1. The first-order valence-corrected chi connectivity index (χ1v) is 8.76. The van der Waals surface area contributed by atoms with E-state index < -0.39 is 5.82 Å². The smallest absolute Gasteiger partial charge is 0.256 e. The van der Waals surface area contributed by atoms with Crippen LogP contribution in [0, 0.1) is 10.6 Å². The van der Waals surface area contributed by atoms with Gasteiger partial charge in [-0.15, -0.1) is 11.3 Å². The number of H-pyrrole nitrogens is 2. The number of hydrogen-bond donors (Lipinski definition) is 2. The van der Waals surface area contributed by atoms with Crippen LogP contribution in [-0.4, -0.2) is 40.5 Å². The molecule has 4 rings (SSSR count). The molecule has 8 heteroatoms. The van der Waals surface area contributed by atoms with Crippen molar-refractivity contribution in [3.63, 3.8) is 0 Å². The number of carbonyl (C=O) groups is 1. The van der Waals surface area contributed by atoms with Crippen LogP contribution in [0.4, 0.5) is 4.39 Å². The van der Waals surface area contributed by atoms with Gasteiger partial charge in [-0.2, -0.15) is 0 Å². The number of rotatable bonds is 2. The number of fused-ring (bicyclic) bond motifs is 1. The van der Waals surface area contributed by atoms with E-state index in [1.54, 1.807) is 16.2 Å². The summed E-state index contributed by atoms with van der Waals surface area (Å²) in [5, 5.41) is 1.98.